The van der Waals surface area contributed by atoms with Crippen molar-refractivity contribution in [1.29, 1.82) is 0 Å². The second-order valence-corrected chi connectivity index (χ2v) is 4.81. The summed E-state index contributed by atoms with van der Waals surface area (Å²) in [6.07, 6.45) is 4.00. The Morgan fingerprint density at radius 2 is 1.73 bits per heavy atom. The Bertz CT molecular complexity index is 325. The van der Waals surface area contributed by atoms with Crippen LogP contribution in [0, 0.1) is 20.8 Å². The number of rotatable bonds is 1. The zero-order chi connectivity index (χ0) is 10.8. The summed E-state index contributed by atoms with van der Waals surface area (Å²) >= 11 is 0. The first-order valence-electron chi connectivity index (χ1n) is 5.99. The second kappa shape index (κ2) is 4.36. The lowest BCUT2D eigenvalue weighted by Crippen LogP contribution is -2.28. The van der Waals surface area contributed by atoms with Crippen molar-refractivity contribution in [3.63, 3.8) is 0 Å². The summed E-state index contributed by atoms with van der Waals surface area (Å²) in [6, 6.07) is 5.20. The predicted molar refractivity (Wildman–Crippen MR) is 65.2 cm³/mol. The first kappa shape index (κ1) is 10.7. The molecule has 82 valence electrons. The molecular weight excluding hydrogens is 182 g/mol. The molecule has 1 nitrogen and oxygen atoms in total. The molecule has 0 amide bonds. The molecule has 1 aromatic rings. The lowest BCUT2D eigenvalue weighted by atomic mass is 9.89. The largest absolute Gasteiger partial charge is 0.310 e. The average molecular weight is 203 g/mol. The molecule has 2 rings (SSSR count). The minimum Gasteiger partial charge on any atom is -0.310 e. The molecule has 0 aromatic heterocycles. The van der Waals surface area contributed by atoms with Crippen LogP contribution in [0.1, 0.15) is 47.6 Å². The summed E-state index contributed by atoms with van der Waals surface area (Å²) in [7, 11) is 0. The number of hydrogen-bond acceptors (Lipinski definition) is 1. The van der Waals surface area contributed by atoms with Gasteiger partial charge in [0.2, 0.25) is 0 Å². The van der Waals surface area contributed by atoms with Crippen LogP contribution in [0.2, 0.25) is 0 Å². The van der Waals surface area contributed by atoms with E-state index in [0.29, 0.717) is 6.04 Å². The van der Waals surface area contributed by atoms with Crippen molar-refractivity contribution in [3.05, 3.63) is 34.4 Å². The van der Waals surface area contributed by atoms with E-state index < -0.39 is 0 Å². The van der Waals surface area contributed by atoms with Gasteiger partial charge in [-0.3, -0.25) is 0 Å². The molecule has 1 saturated heterocycles. The van der Waals surface area contributed by atoms with Gasteiger partial charge in [-0.25, -0.2) is 0 Å². The van der Waals surface area contributed by atoms with Gasteiger partial charge >= 0.3 is 0 Å². The molecule has 1 aliphatic heterocycles. The molecule has 0 bridgehead atoms. The Morgan fingerprint density at radius 1 is 1.07 bits per heavy atom. The fraction of sp³-hybridized carbons (Fsp3) is 0.571. The summed E-state index contributed by atoms with van der Waals surface area (Å²) in [5, 5.41) is 3.64. The van der Waals surface area contributed by atoms with Crippen molar-refractivity contribution in [3.8, 4) is 0 Å². The maximum atomic E-state index is 3.64. The maximum absolute atomic E-state index is 3.64. The molecule has 1 unspecified atom stereocenters. The van der Waals surface area contributed by atoms with Gasteiger partial charge in [0.05, 0.1) is 0 Å². The zero-order valence-corrected chi connectivity index (χ0v) is 10.1. The third-order valence-electron chi connectivity index (χ3n) is 3.40. The van der Waals surface area contributed by atoms with Gasteiger partial charge in [-0.1, -0.05) is 24.1 Å². The van der Waals surface area contributed by atoms with E-state index in [1.165, 1.54) is 42.5 Å². The molecule has 1 heterocycles. The predicted octanol–water partition coefficient (Wildman–Crippen LogP) is 3.43. The van der Waals surface area contributed by atoms with Gasteiger partial charge < -0.3 is 5.32 Å². The third kappa shape index (κ3) is 2.23. The Morgan fingerprint density at radius 3 is 2.27 bits per heavy atom. The van der Waals surface area contributed by atoms with E-state index in [9.17, 15) is 0 Å². The van der Waals surface area contributed by atoms with E-state index in [1.807, 2.05) is 0 Å². The van der Waals surface area contributed by atoms with Crippen molar-refractivity contribution >= 4 is 0 Å². The third-order valence-corrected chi connectivity index (χ3v) is 3.40. The normalized spacial score (nSPS) is 21.7. The fourth-order valence-corrected chi connectivity index (χ4v) is 2.84. The van der Waals surface area contributed by atoms with Gasteiger partial charge in [0.15, 0.2) is 0 Å². The Balaban J connectivity index is 2.33. The Hall–Kier alpha value is -0.820. The standard InChI is InChI=1S/C14H21N/c1-10-8-11(2)14(12(3)9-10)13-6-4-5-7-15-13/h8-9,13,15H,4-7H2,1-3H3. The van der Waals surface area contributed by atoms with Crippen molar-refractivity contribution in [2.75, 3.05) is 6.54 Å². The number of hydrogen-bond donors (Lipinski definition) is 1. The van der Waals surface area contributed by atoms with Crippen LogP contribution >= 0.6 is 0 Å². The molecule has 1 aliphatic rings. The maximum Gasteiger partial charge on any atom is 0.0325 e. The van der Waals surface area contributed by atoms with E-state index in [0.717, 1.165) is 0 Å². The van der Waals surface area contributed by atoms with Crippen LogP contribution in [-0.4, -0.2) is 6.54 Å². The molecule has 1 heteroatoms. The zero-order valence-electron chi connectivity index (χ0n) is 10.1. The van der Waals surface area contributed by atoms with Crippen LogP contribution < -0.4 is 5.32 Å². The highest BCUT2D eigenvalue weighted by Gasteiger charge is 2.18. The van der Waals surface area contributed by atoms with Crippen LogP contribution in [0.5, 0.6) is 0 Å². The first-order valence-corrected chi connectivity index (χ1v) is 5.99. The van der Waals surface area contributed by atoms with E-state index in [4.69, 9.17) is 0 Å². The van der Waals surface area contributed by atoms with Crippen molar-refractivity contribution in [1.82, 2.24) is 5.32 Å². The SMILES string of the molecule is Cc1cc(C)c(C2CCCCN2)c(C)c1. The fourth-order valence-electron chi connectivity index (χ4n) is 2.84. The summed E-state index contributed by atoms with van der Waals surface area (Å²) < 4.78 is 0. The van der Waals surface area contributed by atoms with Gasteiger partial charge in [-0.15, -0.1) is 0 Å². The topological polar surface area (TPSA) is 12.0 Å². The number of piperidine rings is 1. The van der Waals surface area contributed by atoms with Crippen LogP contribution in [0.4, 0.5) is 0 Å². The van der Waals surface area contributed by atoms with Crippen molar-refractivity contribution in [2.24, 2.45) is 0 Å². The molecule has 1 atom stereocenters. The Labute approximate surface area is 92.9 Å². The van der Waals surface area contributed by atoms with Gasteiger partial charge in [0.1, 0.15) is 0 Å². The smallest absolute Gasteiger partial charge is 0.0325 e. The van der Waals surface area contributed by atoms with E-state index in [1.54, 1.807) is 5.56 Å². The van der Waals surface area contributed by atoms with Crippen LogP contribution in [-0.2, 0) is 0 Å². The monoisotopic (exact) mass is 203 g/mol. The van der Waals surface area contributed by atoms with E-state index >= 15 is 0 Å². The summed E-state index contributed by atoms with van der Waals surface area (Å²) in [6.45, 7) is 7.84. The van der Waals surface area contributed by atoms with Crippen LogP contribution in [0.25, 0.3) is 0 Å². The molecule has 15 heavy (non-hydrogen) atoms. The average Bonchev–Trinajstić information content (AvgIpc) is 2.17. The lowest BCUT2D eigenvalue weighted by molar-refractivity contribution is 0.410. The van der Waals surface area contributed by atoms with Crippen molar-refractivity contribution in [2.45, 2.75) is 46.1 Å². The summed E-state index contributed by atoms with van der Waals surface area (Å²) in [5.41, 5.74) is 5.82. The minimum atomic E-state index is 0.597. The lowest BCUT2D eigenvalue weighted by Gasteiger charge is -2.27. The minimum absolute atomic E-state index is 0.597. The second-order valence-electron chi connectivity index (χ2n) is 4.81. The number of benzene rings is 1. The quantitative estimate of drug-likeness (QED) is 0.737. The number of aryl methyl sites for hydroxylation is 3. The van der Waals surface area contributed by atoms with Gasteiger partial charge in [-0.2, -0.15) is 0 Å². The van der Waals surface area contributed by atoms with Crippen molar-refractivity contribution < 1.29 is 0 Å². The molecule has 1 fully saturated rings. The van der Waals surface area contributed by atoms with E-state index in [2.05, 4.69) is 38.2 Å². The van der Waals surface area contributed by atoms with Crippen LogP contribution in [0.3, 0.4) is 0 Å². The molecular formula is C14H21N. The highest BCUT2D eigenvalue weighted by Crippen LogP contribution is 2.29. The highest BCUT2D eigenvalue weighted by molar-refractivity contribution is 5.39. The number of nitrogens with one attached hydrogen (secondary N) is 1. The van der Waals surface area contributed by atoms with Gasteiger partial charge in [0, 0.05) is 6.04 Å². The molecule has 0 spiro atoms. The molecule has 0 radical (unpaired) electrons. The summed E-state index contributed by atoms with van der Waals surface area (Å²) in [5.74, 6) is 0. The van der Waals surface area contributed by atoms with Crippen LogP contribution in [0.15, 0.2) is 12.1 Å². The molecule has 1 N–H and O–H groups in total. The van der Waals surface area contributed by atoms with Gasteiger partial charge in [-0.05, 0) is 56.8 Å². The molecule has 0 saturated carbocycles. The molecule has 0 aliphatic carbocycles. The van der Waals surface area contributed by atoms with Gasteiger partial charge in [0.25, 0.3) is 0 Å². The highest BCUT2D eigenvalue weighted by atomic mass is 14.9. The first-order chi connectivity index (χ1) is 7.18. The Kier molecular flexibility index (Phi) is 3.11. The molecule has 1 aromatic carbocycles. The van der Waals surface area contributed by atoms with E-state index in [-0.39, 0.29) is 0 Å². The summed E-state index contributed by atoms with van der Waals surface area (Å²) in [4.78, 5) is 0.